The molecule has 0 spiro atoms. The molecule has 0 radical (unpaired) electrons. The Labute approximate surface area is 98.9 Å². The van der Waals surface area contributed by atoms with E-state index in [0.717, 1.165) is 11.2 Å². The number of anilines is 1. The van der Waals surface area contributed by atoms with E-state index in [1.54, 1.807) is 23.8 Å². The molecule has 1 unspecified atom stereocenters. The molecule has 6 nitrogen and oxygen atoms in total. The second kappa shape index (κ2) is 4.31. The number of aryl methyl sites for hydroxylation is 1. The van der Waals surface area contributed by atoms with E-state index in [9.17, 15) is 5.11 Å². The largest absolute Gasteiger partial charge is 0.393 e. The molecule has 2 rings (SSSR count). The van der Waals surface area contributed by atoms with Gasteiger partial charge in [0.05, 0.1) is 12.3 Å². The molecule has 6 heteroatoms. The number of aliphatic hydroxyl groups excluding tert-OH is 1. The first-order valence-corrected chi connectivity index (χ1v) is 5.40. The Hall–Kier alpha value is -1.66. The zero-order valence-corrected chi connectivity index (χ0v) is 9.88. The quantitative estimate of drug-likeness (QED) is 0.706. The molecule has 0 saturated heterocycles. The monoisotopic (exact) mass is 236 g/mol. The Morgan fingerprint density at radius 1 is 1.53 bits per heavy atom. The average molecular weight is 236 g/mol. The molecule has 2 aromatic heterocycles. The van der Waals surface area contributed by atoms with E-state index in [2.05, 4.69) is 15.4 Å². The van der Waals surface area contributed by atoms with Gasteiger partial charge in [-0.1, -0.05) is 0 Å². The fraction of sp³-hybridized carbons (Fsp3) is 0.455. The average Bonchev–Trinajstić information content (AvgIpc) is 2.67. The van der Waals surface area contributed by atoms with E-state index in [-0.39, 0.29) is 13.2 Å². The zero-order valence-electron chi connectivity index (χ0n) is 9.88. The highest BCUT2D eigenvalue weighted by Crippen LogP contribution is 2.15. The molecule has 92 valence electrons. The molecule has 0 saturated carbocycles. The summed E-state index contributed by atoms with van der Waals surface area (Å²) in [6.07, 6.45) is 3.40. The summed E-state index contributed by atoms with van der Waals surface area (Å²) < 4.78 is 1.72. The van der Waals surface area contributed by atoms with Crippen LogP contribution in [0.15, 0.2) is 18.5 Å². The molecular formula is C11H16N4O2. The number of aliphatic hydroxyl groups is 2. The van der Waals surface area contributed by atoms with Gasteiger partial charge >= 0.3 is 0 Å². The number of hydrogen-bond acceptors (Lipinski definition) is 5. The first kappa shape index (κ1) is 11.8. The molecular weight excluding hydrogens is 220 g/mol. The van der Waals surface area contributed by atoms with E-state index < -0.39 is 5.60 Å². The molecule has 0 aliphatic carbocycles. The SMILES string of the molecule is Cc1cc2c(NCC(C)(O)CO)nccn2n1. The van der Waals surface area contributed by atoms with Gasteiger partial charge in [-0.25, -0.2) is 9.50 Å². The normalized spacial score (nSPS) is 14.8. The molecule has 0 aromatic carbocycles. The number of fused-ring (bicyclic) bond motifs is 1. The van der Waals surface area contributed by atoms with Crippen LogP contribution in [0.1, 0.15) is 12.6 Å². The first-order valence-electron chi connectivity index (χ1n) is 5.40. The molecule has 2 heterocycles. The maximum absolute atomic E-state index is 9.70. The summed E-state index contributed by atoms with van der Waals surface area (Å²) in [6.45, 7) is 3.38. The highest BCUT2D eigenvalue weighted by Gasteiger charge is 2.19. The van der Waals surface area contributed by atoms with Crippen LogP contribution in [0, 0.1) is 6.92 Å². The van der Waals surface area contributed by atoms with Gasteiger partial charge < -0.3 is 15.5 Å². The van der Waals surface area contributed by atoms with Gasteiger partial charge in [0.2, 0.25) is 0 Å². The van der Waals surface area contributed by atoms with E-state index in [0.29, 0.717) is 5.82 Å². The summed E-state index contributed by atoms with van der Waals surface area (Å²) in [5.41, 5.74) is 0.581. The lowest BCUT2D eigenvalue weighted by atomic mass is 10.1. The van der Waals surface area contributed by atoms with Crippen LogP contribution in [0.5, 0.6) is 0 Å². The minimum absolute atomic E-state index is 0.223. The second-order valence-corrected chi connectivity index (χ2v) is 4.40. The number of rotatable bonds is 4. The Balaban J connectivity index is 2.24. The van der Waals surface area contributed by atoms with Crippen molar-refractivity contribution in [1.82, 2.24) is 14.6 Å². The van der Waals surface area contributed by atoms with E-state index in [4.69, 9.17) is 5.11 Å². The predicted molar refractivity (Wildman–Crippen MR) is 63.9 cm³/mol. The lowest BCUT2D eigenvalue weighted by Gasteiger charge is -2.21. The van der Waals surface area contributed by atoms with Gasteiger partial charge in [0.15, 0.2) is 5.82 Å². The number of nitrogens with zero attached hydrogens (tertiary/aromatic N) is 3. The molecule has 1 atom stereocenters. The number of hydrogen-bond donors (Lipinski definition) is 3. The van der Waals surface area contributed by atoms with Gasteiger partial charge in [-0.05, 0) is 19.9 Å². The zero-order chi connectivity index (χ0) is 12.5. The van der Waals surface area contributed by atoms with Crippen LogP contribution in [0.4, 0.5) is 5.82 Å². The smallest absolute Gasteiger partial charge is 0.152 e. The Bertz CT molecular complexity index is 521. The Morgan fingerprint density at radius 3 is 3.00 bits per heavy atom. The van der Waals surface area contributed by atoms with Crippen LogP contribution in [0.2, 0.25) is 0 Å². The van der Waals surface area contributed by atoms with Crippen LogP contribution in [0.25, 0.3) is 5.52 Å². The summed E-state index contributed by atoms with van der Waals surface area (Å²) in [5.74, 6) is 0.641. The third-order valence-corrected chi connectivity index (χ3v) is 2.49. The van der Waals surface area contributed by atoms with Crippen molar-refractivity contribution in [2.75, 3.05) is 18.5 Å². The van der Waals surface area contributed by atoms with Gasteiger partial charge in [0.25, 0.3) is 0 Å². The summed E-state index contributed by atoms with van der Waals surface area (Å²) >= 11 is 0. The van der Waals surface area contributed by atoms with Crippen molar-refractivity contribution in [1.29, 1.82) is 0 Å². The summed E-state index contributed by atoms with van der Waals surface area (Å²) in [7, 11) is 0. The van der Waals surface area contributed by atoms with E-state index >= 15 is 0 Å². The molecule has 0 bridgehead atoms. The predicted octanol–water partition coefficient (Wildman–Crippen LogP) is 0.193. The number of aromatic nitrogens is 3. The van der Waals surface area contributed by atoms with Crippen molar-refractivity contribution < 1.29 is 10.2 Å². The van der Waals surface area contributed by atoms with Crippen LogP contribution in [-0.4, -0.2) is 43.6 Å². The molecule has 2 aromatic rings. The van der Waals surface area contributed by atoms with E-state index in [1.807, 2.05) is 13.0 Å². The highest BCUT2D eigenvalue weighted by molar-refractivity contribution is 5.67. The van der Waals surface area contributed by atoms with Crippen molar-refractivity contribution >= 4 is 11.3 Å². The van der Waals surface area contributed by atoms with Crippen molar-refractivity contribution in [3.8, 4) is 0 Å². The fourth-order valence-corrected chi connectivity index (χ4v) is 1.51. The van der Waals surface area contributed by atoms with Crippen LogP contribution in [0.3, 0.4) is 0 Å². The van der Waals surface area contributed by atoms with Crippen molar-refractivity contribution in [2.45, 2.75) is 19.4 Å². The topological polar surface area (TPSA) is 82.7 Å². The fourth-order valence-electron chi connectivity index (χ4n) is 1.51. The lowest BCUT2D eigenvalue weighted by Crippen LogP contribution is -2.37. The molecule has 0 fully saturated rings. The second-order valence-electron chi connectivity index (χ2n) is 4.40. The van der Waals surface area contributed by atoms with Crippen LogP contribution >= 0.6 is 0 Å². The third kappa shape index (κ3) is 2.54. The molecule has 17 heavy (non-hydrogen) atoms. The van der Waals surface area contributed by atoms with Gasteiger partial charge in [-0.2, -0.15) is 5.10 Å². The van der Waals surface area contributed by atoms with Gasteiger partial charge in [-0.3, -0.25) is 0 Å². The van der Waals surface area contributed by atoms with Crippen molar-refractivity contribution in [2.24, 2.45) is 0 Å². The van der Waals surface area contributed by atoms with Crippen molar-refractivity contribution in [3.05, 3.63) is 24.2 Å². The lowest BCUT2D eigenvalue weighted by molar-refractivity contribution is 0.0132. The summed E-state index contributed by atoms with van der Waals surface area (Å²) in [4.78, 5) is 4.19. The molecule has 0 aliphatic heterocycles. The van der Waals surface area contributed by atoms with Crippen LogP contribution < -0.4 is 5.32 Å². The Kier molecular flexibility index (Phi) is 2.99. The summed E-state index contributed by atoms with van der Waals surface area (Å²) in [6, 6.07) is 1.91. The van der Waals surface area contributed by atoms with E-state index in [1.165, 1.54) is 0 Å². The van der Waals surface area contributed by atoms with Crippen LogP contribution in [-0.2, 0) is 0 Å². The molecule has 0 amide bonds. The van der Waals surface area contributed by atoms with Gasteiger partial charge in [0.1, 0.15) is 11.1 Å². The minimum atomic E-state index is -1.16. The molecule has 0 aliphatic rings. The maximum atomic E-state index is 9.70. The highest BCUT2D eigenvalue weighted by atomic mass is 16.3. The minimum Gasteiger partial charge on any atom is -0.393 e. The standard InChI is InChI=1S/C11H16N4O2/c1-8-5-9-10(12-3-4-15(9)14-8)13-6-11(2,17)7-16/h3-5,16-17H,6-7H2,1-2H3,(H,12,13). The first-order chi connectivity index (χ1) is 8.02. The van der Waals surface area contributed by atoms with Crippen molar-refractivity contribution in [3.63, 3.8) is 0 Å². The Morgan fingerprint density at radius 2 is 2.29 bits per heavy atom. The van der Waals surface area contributed by atoms with Gasteiger partial charge in [-0.15, -0.1) is 0 Å². The van der Waals surface area contributed by atoms with Gasteiger partial charge in [0, 0.05) is 18.9 Å². The third-order valence-electron chi connectivity index (χ3n) is 2.49. The number of nitrogens with one attached hydrogen (secondary N) is 1. The summed E-state index contributed by atoms with van der Waals surface area (Å²) in [5, 5.41) is 25.9. The maximum Gasteiger partial charge on any atom is 0.152 e. The molecule has 3 N–H and O–H groups in total.